The first kappa shape index (κ1) is 9.66. The predicted molar refractivity (Wildman–Crippen MR) is 59.1 cm³/mol. The minimum absolute atomic E-state index is 0.0874. The Bertz CT molecular complexity index is 587. The Labute approximate surface area is 96.5 Å². The van der Waals surface area contributed by atoms with Gasteiger partial charge in [0, 0.05) is 5.92 Å². The van der Waals surface area contributed by atoms with Crippen molar-refractivity contribution in [1.29, 1.82) is 0 Å². The van der Waals surface area contributed by atoms with Crippen molar-refractivity contribution in [2.75, 3.05) is 0 Å². The number of fused-ring (bicyclic) bond motifs is 1. The molecule has 2 aromatic rings. The van der Waals surface area contributed by atoms with Gasteiger partial charge in [0.2, 0.25) is 0 Å². The van der Waals surface area contributed by atoms with E-state index in [0.717, 1.165) is 18.7 Å². The van der Waals surface area contributed by atoms with Gasteiger partial charge in [-0.1, -0.05) is 17.7 Å². The van der Waals surface area contributed by atoms with E-state index in [2.05, 4.69) is 4.98 Å². The summed E-state index contributed by atoms with van der Waals surface area (Å²) in [6.07, 6.45) is 2.12. The second kappa shape index (κ2) is 3.22. The average Bonchev–Trinajstić information content (AvgIpc) is 2.99. The van der Waals surface area contributed by atoms with Gasteiger partial charge in [-0.3, -0.25) is 4.40 Å². The van der Waals surface area contributed by atoms with Gasteiger partial charge in [0.1, 0.15) is 11.0 Å². The lowest BCUT2D eigenvalue weighted by molar-refractivity contribution is 0.0693. The molecule has 0 unspecified atom stereocenters. The SMILES string of the molecule is O=C(O)c1nc(C2CC2)n2c(Cl)cccc12. The Balaban J connectivity index is 2.37. The highest BCUT2D eigenvalue weighted by Gasteiger charge is 2.31. The van der Waals surface area contributed by atoms with Crippen LogP contribution in [-0.4, -0.2) is 20.5 Å². The quantitative estimate of drug-likeness (QED) is 0.816. The molecule has 1 aliphatic rings. The molecule has 2 aromatic heterocycles. The standard InChI is InChI=1S/C11H9ClN2O2/c12-8-3-1-2-7-9(11(15)16)13-10(14(7)8)6-4-5-6/h1-3,6H,4-5H2,(H,15,16). The zero-order valence-electron chi connectivity index (χ0n) is 8.35. The molecule has 0 bridgehead atoms. The van der Waals surface area contributed by atoms with Crippen LogP contribution in [0.25, 0.3) is 5.52 Å². The molecule has 1 aliphatic carbocycles. The molecule has 0 atom stereocenters. The lowest BCUT2D eigenvalue weighted by Crippen LogP contribution is -1.97. The number of carbonyl (C=O) groups is 1. The Morgan fingerprint density at radius 1 is 1.50 bits per heavy atom. The van der Waals surface area contributed by atoms with Crippen molar-refractivity contribution >= 4 is 23.1 Å². The fraction of sp³-hybridized carbons (Fsp3) is 0.273. The van der Waals surface area contributed by atoms with E-state index < -0.39 is 5.97 Å². The Hall–Kier alpha value is -1.55. The number of hydrogen-bond donors (Lipinski definition) is 1. The fourth-order valence-corrected chi connectivity index (χ4v) is 2.15. The van der Waals surface area contributed by atoms with Crippen molar-refractivity contribution in [3.05, 3.63) is 34.9 Å². The first-order valence-corrected chi connectivity index (χ1v) is 5.46. The molecule has 0 aromatic carbocycles. The van der Waals surface area contributed by atoms with Crippen LogP contribution in [0.3, 0.4) is 0 Å². The van der Waals surface area contributed by atoms with Crippen LogP contribution in [0.1, 0.15) is 35.1 Å². The smallest absolute Gasteiger partial charge is 0.356 e. The van der Waals surface area contributed by atoms with Gasteiger partial charge in [0.15, 0.2) is 5.69 Å². The Morgan fingerprint density at radius 3 is 2.88 bits per heavy atom. The third kappa shape index (κ3) is 1.30. The van der Waals surface area contributed by atoms with E-state index in [4.69, 9.17) is 16.7 Å². The molecular weight excluding hydrogens is 228 g/mol. The highest BCUT2D eigenvalue weighted by Crippen LogP contribution is 2.40. The number of imidazole rings is 1. The van der Waals surface area contributed by atoms with Crippen molar-refractivity contribution in [3.63, 3.8) is 0 Å². The molecule has 16 heavy (non-hydrogen) atoms. The van der Waals surface area contributed by atoms with Gasteiger partial charge in [0.05, 0.1) is 5.52 Å². The number of carboxylic acid groups (broad SMARTS) is 1. The first-order valence-electron chi connectivity index (χ1n) is 5.08. The summed E-state index contributed by atoms with van der Waals surface area (Å²) in [5.74, 6) is 0.130. The lowest BCUT2D eigenvalue weighted by atomic mass is 10.3. The van der Waals surface area contributed by atoms with Gasteiger partial charge in [-0.25, -0.2) is 9.78 Å². The maximum Gasteiger partial charge on any atom is 0.356 e. The number of pyridine rings is 1. The van der Waals surface area contributed by atoms with Crippen molar-refractivity contribution in [3.8, 4) is 0 Å². The van der Waals surface area contributed by atoms with E-state index >= 15 is 0 Å². The number of halogens is 1. The molecule has 82 valence electrons. The maximum absolute atomic E-state index is 11.1. The Morgan fingerprint density at radius 2 is 2.25 bits per heavy atom. The summed E-state index contributed by atoms with van der Waals surface area (Å²) >= 11 is 6.08. The van der Waals surface area contributed by atoms with Crippen LogP contribution in [0, 0.1) is 0 Å². The largest absolute Gasteiger partial charge is 0.476 e. The summed E-state index contributed by atoms with van der Waals surface area (Å²) in [6, 6.07) is 5.21. The third-order valence-corrected chi connectivity index (χ3v) is 3.08. The molecular formula is C11H9ClN2O2. The predicted octanol–water partition coefficient (Wildman–Crippen LogP) is 2.56. The van der Waals surface area contributed by atoms with Crippen molar-refractivity contribution in [2.24, 2.45) is 0 Å². The van der Waals surface area contributed by atoms with Crippen LogP contribution in [-0.2, 0) is 0 Å². The number of nitrogens with zero attached hydrogens (tertiary/aromatic N) is 2. The van der Waals surface area contributed by atoms with Gasteiger partial charge in [0.25, 0.3) is 0 Å². The normalized spacial score (nSPS) is 15.6. The molecule has 0 amide bonds. The monoisotopic (exact) mass is 236 g/mol. The lowest BCUT2D eigenvalue weighted by Gasteiger charge is -2.01. The van der Waals surface area contributed by atoms with E-state index in [9.17, 15) is 4.79 Å². The molecule has 1 saturated carbocycles. The van der Waals surface area contributed by atoms with Gasteiger partial charge < -0.3 is 5.11 Å². The van der Waals surface area contributed by atoms with Crippen molar-refractivity contribution in [2.45, 2.75) is 18.8 Å². The van der Waals surface area contributed by atoms with Gasteiger partial charge in [-0.15, -0.1) is 0 Å². The number of carboxylic acids is 1. The first-order chi connectivity index (χ1) is 7.68. The van der Waals surface area contributed by atoms with Gasteiger partial charge in [-0.2, -0.15) is 0 Å². The summed E-state index contributed by atoms with van der Waals surface area (Å²) < 4.78 is 1.74. The zero-order chi connectivity index (χ0) is 11.3. The molecule has 0 aliphatic heterocycles. The Kier molecular flexibility index (Phi) is 1.94. The summed E-state index contributed by atoms with van der Waals surface area (Å²) in [4.78, 5) is 15.3. The van der Waals surface area contributed by atoms with E-state index in [1.165, 1.54) is 0 Å². The molecule has 2 heterocycles. The minimum atomic E-state index is -1.01. The molecule has 0 spiro atoms. The highest BCUT2D eigenvalue weighted by molar-refractivity contribution is 6.30. The van der Waals surface area contributed by atoms with Crippen molar-refractivity contribution in [1.82, 2.24) is 9.38 Å². The van der Waals surface area contributed by atoms with Crippen LogP contribution < -0.4 is 0 Å². The number of rotatable bonds is 2. The van der Waals surface area contributed by atoms with E-state index in [1.807, 2.05) is 0 Å². The highest BCUT2D eigenvalue weighted by atomic mass is 35.5. The van der Waals surface area contributed by atoms with Crippen LogP contribution in [0.4, 0.5) is 0 Å². The van der Waals surface area contributed by atoms with Crippen LogP contribution >= 0.6 is 11.6 Å². The number of aromatic carboxylic acids is 1. The topological polar surface area (TPSA) is 54.6 Å². The van der Waals surface area contributed by atoms with Crippen LogP contribution in [0.5, 0.6) is 0 Å². The number of aromatic nitrogens is 2. The number of hydrogen-bond acceptors (Lipinski definition) is 2. The molecule has 0 saturated heterocycles. The van der Waals surface area contributed by atoms with E-state index in [1.54, 1.807) is 22.6 Å². The summed E-state index contributed by atoms with van der Waals surface area (Å²) in [5, 5.41) is 9.58. The summed E-state index contributed by atoms with van der Waals surface area (Å²) in [5.41, 5.74) is 0.659. The van der Waals surface area contributed by atoms with E-state index in [-0.39, 0.29) is 5.69 Å². The molecule has 1 fully saturated rings. The molecule has 1 N–H and O–H groups in total. The minimum Gasteiger partial charge on any atom is -0.476 e. The molecule has 0 radical (unpaired) electrons. The van der Waals surface area contributed by atoms with Crippen LogP contribution in [0.2, 0.25) is 5.15 Å². The fourth-order valence-electron chi connectivity index (χ4n) is 1.90. The second-order valence-electron chi connectivity index (χ2n) is 3.97. The summed E-state index contributed by atoms with van der Waals surface area (Å²) in [7, 11) is 0. The molecule has 5 heteroatoms. The average molecular weight is 237 g/mol. The van der Waals surface area contributed by atoms with E-state index in [0.29, 0.717) is 16.6 Å². The van der Waals surface area contributed by atoms with Crippen molar-refractivity contribution < 1.29 is 9.90 Å². The van der Waals surface area contributed by atoms with Crippen LogP contribution in [0.15, 0.2) is 18.2 Å². The zero-order valence-corrected chi connectivity index (χ0v) is 9.11. The maximum atomic E-state index is 11.1. The van der Waals surface area contributed by atoms with Gasteiger partial charge >= 0.3 is 5.97 Å². The molecule has 4 nitrogen and oxygen atoms in total. The second-order valence-corrected chi connectivity index (χ2v) is 4.35. The molecule has 3 rings (SSSR count). The summed E-state index contributed by atoms with van der Waals surface area (Å²) in [6.45, 7) is 0. The third-order valence-electron chi connectivity index (χ3n) is 2.79. The van der Waals surface area contributed by atoms with Gasteiger partial charge in [-0.05, 0) is 25.0 Å².